The van der Waals surface area contributed by atoms with E-state index in [1.807, 2.05) is 12.1 Å². The normalized spacial score (nSPS) is 10.5. The Morgan fingerprint density at radius 2 is 1.59 bits per heavy atom. The summed E-state index contributed by atoms with van der Waals surface area (Å²) in [4.78, 5) is 40.8. The van der Waals surface area contributed by atoms with E-state index in [0.717, 1.165) is 10.2 Å². The molecule has 0 saturated heterocycles. The fourth-order valence-corrected chi connectivity index (χ4v) is 3.94. The summed E-state index contributed by atoms with van der Waals surface area (Å²) < 4.78 is 16.4. The van der Waals surface area contributed by atoms with Crippen molar-refractivity contribution in [2.24, 2.45) is 0 Å². The smallest absolute Gasteiger partial charge is 0.344 e. The highest BCUT2D eigenvalue weighted by Crippen LogP contribution is 2.29. The number of hydrogen-bond donors (Lipinski definition) is 1. The molecule has 0 aliphatic rings. The highest BCUT2D eigenvalue weighted by Gasteiger charge is 2.13. The molecule has 1 N–H and O–H groups in total. The lowest BCUT2D eigenvalue weighted by Crippen LogP contribution is -2.23. The summed E-state index contributed by atoms with van der Waals surface area (Å²) in [6.07, 6.45) is 0. The lowest BCUT2D eigenvalue weighted by atomic mass is 10.0. The first-order valence-electron chi connectivity index (χ1n) is 10.2. The summed E-state index contributed by atoms with van der Waals surface area (Å²) in [5.41, 5.74) is 1.82. The summed E-state index contributed by atoms with van der Waals surface area (Å²) in [6, 6.07) is 20.8. The van der Waals surface area contributed by atoms with Gasteiger partial charge in [-0.15, -0.1) is 0 Å². The molecule has 0 fully saturated rings. The lowest BCUT2D eigenvalue weighted by molar-refractivity contribution is -0.149. The number of benzene rings is 3. The molecule has 4 aromatic rings. The van der Waals surface area contributed by atoms with Crippen LogP contribution < -0.4 is 14.8 Å². The van der Waals surface area contributed by atoms with Crippen molar-refractivity contribution in [2.75, 3.05) is 25.6 Å². The number of amides is 1. The minimum atomic E-state index is -0.700. The van der Waals surface area contributed by atoms with E-state index in [-0.39, 0.29) is 12.4 Å². The molecule has 34 heavy (non-hydrogen) atoms. The van der Waals surface area contributed by atoms with Gasteiger partial charge in [0.2, 0.25) is 0 Å². The Labute approximate surface area is 199 Å². The Hall–Kier alpha value is -4.24. The topological polar surface area (TPSA) is 104 Å². The number of fused-ring (bicyclic) bond motifs is 1. The van der Waals surface area contributed by atoms with Crippen LogP contribution in [0.5, 0.6) is 11.5 Å². The fourth-order valence-electron chi connectivity index (χ4n) is 3.03. The molecule has 0 radical (unpaired) electrons. The van der Waals surface area contributed by atoms with Gasteiger partial charge in [-0.2, -0.15) is 0 Å². The van der Waals surface area contributed by atoms with E-state index < -0.39 is 18.5 Å². The van der Waals surface area contributed by atoms with Crippen molar-refractivity contribution in [1.82, 2.24) is 4.98 Å². The zero-order valence-corrected chi connectivity index (χ0v) is 19.0. The van der Waals surface area contributed by atoms with Gasteiger partial charge < -0.3 is 14.2 Å². The monoisotopic (exact) mass is 476 g/mol. The first kappa shape index (κ1) is 22.9. The molecule has 4 rings (SSSR count). The number of ketones is 1. The highest BCUT2D eigenvalue weighted by atomic mass is 32.1. The van der Waals surface area contributed by atoms with Gasteiger partial charge in [-0.05, 0) is 42.5 Å². The molecule has 0 aliphatic carbocycles. The van der Waals surface area contributed by atoms with Gasteiger partial charge in [0.15, 0.2) is 24.1 Å². The molecule has 0 saturated carbocycles. The Kier molecular flexibility index (Phi) is 7.14. The van der Waals surface area contributed by atoms with Crippen molar-refractivity contribution >= 4 is 44.3 Å². The predicted octanol–water partition coefficient (Wildman–Crippen LogP) is 4.10. The lowest BCUT2D eigenvalue weighted by Gasteiger charge is -2.08. The first-order valence-corrected chi connectivity index (χ1v) is 11.1. The van der Waals surface area contributed by atoms with E-state index in [1.165, 1.54) is 11.3 Å². The van der Waals surface area contributed by atoms with Crippen LogP contribution in [0.15, 0.2) is 72.8 Å². The van der Waals surface area contributed by atoms with Gasteiger partial charge in [0.25, 0.3) is 5.91 Å². The molecule has 1 heterocycles. The largest absolute Gasteiger partial charge is 0.497 e. The van der Waals surface area contributed by atoms with Crippen molar-refractivity contribution in [1.29, 1.82) is 0 Å². The number of anilines is 1. The summed E-state index contributed by atoms with van der Waals surface area (Å²) >= 11 is 1.29. The van der Waals surface area contributed by atoms with Gasteiger partial charge in [0.1, 0.15) is 11.5 Å². The quantitative estimate of drug-likeness (QED) is 0.287. The summed E-state index contributed by atoms with van der Waals surface area (Å²) in [7, 11) is 1.57. The number of nitrogens with one attached hydrogen (secondary N) is 1. The van der Waals surface area contributed by atoms with E-state index in [0.29, 0.717) is 27.8 Å². The average Bonchev–Trinajstić information content (AvgIpc) is 3.27. The summed E-state index contributed by atoms with van der Waals surface area (Å²) in [5, 5.41) is 3.00. The van der Waals surface area contributed by atoms with Crippen molar-refractivity contribution in [3.8, 4) is 11.5 Å². The van der Waals surface area contributed by atoms with Crippen molar-refractivity contribution < 1.29 is 28.6 Å². The first-order chi connectivity index (χ1) is 16.5. The van der Waals surface area contributed by atoms with Gasteiger partial charge in [-0.3, -0.25) is 14.9 Å². The molecule has 0 atom stereocenters. The van der Waals surface area contributed by atoms with Crippen LogP contribution in [-0.2, 0) is 14.3 Å². The van der Waals surface area contributed by atoms with Crippen LogP contribution in [0.25, 0.3) is 10.2 Å². The number of carbonyl (C=O) groups excluding carboxylic acids is 3. The third-order valence-electron chi connectivity index (χ3n) is 4.72. The van der Waals surface area contributed by atoms with Crippen LogP contribution in [0.4, 0.5) is 5.13 Å². The third kappa shape index (κ3) is 5.76. The molecule has 1 aromatic heterocycles. The number of methoxy groups -OCH3 is 1. The molecule has 0 bridgehead atoms. The summed E-state index contributed by atoms with van der Waals surface area (Å²) in [5.74, 6) is -0.224. The molecule has 1 amide bonds. The molecular formula is C25H20N2O6S. The number of rotatable bonds is 9. The summed E-state index contributed by atoms with van der Waals surface area (Å²) in [6.45, 7) is -0.841. The van der Waals surface area contributed by atoms with Crippen LogP contribution in [0, 0.1) is 0 Å². The van der Waals surface area contributed by atoms with Crippen molar-refractivity contribution in [3.63, 3.8) is 0 Å². The second-order valence-corrected chi connectivity index (χ2v) is 8.10. The van der Waals surface area contributed by atoms with Gasteiger partial charge in [0.05, 0.1) is 17.3 Å². The fraction of sp³-hybridized carbons (Fsp3) is 0.120. The minimum absolute atomic E-state index is 0.107. The van der Waals surface area contributed by atoms with Crippen LogP contribution in [0.1, 0.15) is 15.9 Å². The maximum atomic E-state index is 12.4. The maximum absolute atomic E-state index is 12.4. The van der Waals surface area contributed by atoms with Crippen molar-refractivity contribution in [3.05, 3.63) is 83.9 Å². The van der Waals surface area contributed by atoms with Crippen LogP contribution >= 0.6 is 11.3 Å². The Balaban J connectivity index is 1.22. The Bertz CT molecular complexity index is 1320. The molecule has 8 nitrogen and oxygen atoms in total. The zero-order chi connectivity index (χ0) is 23.9. The van der Waals surface area contributed by atoms with Crippen molar-refractivity contribution in [2.45, 2.75) is 0 Å². The maximum Gasteiger partial charge on any atom is 0.344 e. The highest BCUT2D eigenvalue weighted by molar-refractivity contribution is 7.22. The Morgan fingerprint density at radius 1 is 0.882 bits per heavy atom. The number of thiazole rings is 1. The standard InChI is InChI=1S/C25H20N2O6S/c1-31-19-11-12-20-21(13-19)34-25(26-20)27-22(28)14-33-23(29)15-32-18-9-7-17(8-10-18)24(30)16-5-3-2-4-6-16/h2-13H,14-15H2,1H3,(H,26,27,28). The van der Waals surface area contributed by atoms with E-state index in [9.17, 15) is 14.4 Å². The number of ether oxygens (including phenoxy) is 3. The SMILES string of the molecule is COc1ccc2nc(NC(=O)COC(=O)COc3ccc(C(=O)c4ccccc4)cc3)sc2c1. The molecule has 3 aromatic carbocycles. The van der Waals surface area contributed by atoms with Gasteiger partial charge in [0, 0.05) is 11.1 Å². The third-order valence-corrected chi connectivity index (χ3v) is 5.65. The number of nitrogens with zero attached hydrogens (tertiary/aromatic N) is 1. The zero-order valence-electron chi connectivity index (χ0n) is 18.1. The van der Waals surface area contributed by atoms with E-state index in [1.54, 1.807) is 67.8 Å². The van der Waals surface area contributed by atoms with Gasteiger partial charge in [-0.25, -0.2) is 9.78 Å². The van der Waals surface area contributed by atoms with E-state index in [2.05, 4.69) is 10.3 Å². The van der Waals surface area contributed by atoms with Crippen LogP contribution in [0.3, 0.4) is 0 Å². The van der Waals surface area contributed by atoms with Gasteiger partial charge >= 0.3 is 5.97 Å². The van der Waals surface area contributed by atoms with Crippen LogP contribution in [0.2, 0.25) is 0 Å². The molecule has 0 unspecified atom stereocenters. The molecule has 9 heteroatoms. The average molecular weight is 477 g/mol. The number of esters is 1. The minimum Gasteiger partial charge on any atom is -0.497 e. The molecule has 0 aliphatic heterocycles. The number of carbonyl (C=O) groups is 3. The number of hydrogen-bond acceptors (Lipinski definition) is 8. The van der Waals surface area contributed by atoms with Gasteiger partial charge in [-0.1, -0.05) is 41.7 Å². The van der Waals surface area contributed by atoms with Crippen LogP contribution in [-0.4, -0.2) is 43.0 Å². The second kappa shape index (κ2) is 10.6. The molecule has 172 valence electrons. The van der Waals surface area contributed by atoms with E-state index in [4.69, 9.17) is 14.2 Å². The Morgan fingerprint density at radius 3 is 2.32 bits per heavy atom. The van der Waals surface area contributed by atoms with E-state index >= 15 is 0 Å². The molecular weight excluding hydrogens is 456 g/mol. The molecule has 0 spiro atoms. The predicted molar refractivity (Wildman–Crippen MR) is 128 cm³/mol. The second-order valence-electron chi connectivity index (χ2n) is 7.07. The number of aromatic nitrogens is 1.